The van der Waals surface area contributed by atoms with Crippen LogP contribution in [0, 0.1) is 0 Å². The third kappa shape index (κ3) is 4.40. The van der Waals surface area contributed by atoms with Crippen molar-refractivity contribution in [1.29, 1.82) is 0 Å². The largest absolute Gasteiger partial charge is 0.397 e. The fourth-order valence-corrected chi connectivity index (χ4v) is 2.05. The van der Waals surface area contributed by atoms with E-state index in [4.69, 9.17) is 17.3 Å². The Hall–Kier alpha value is -1.26. The van der Waals surface area contributed by atoms with Crippen LogP contribution in [0.2, 0.25) is 5.02 Å². The van der Waals surface area contributed by atoms with E-state index in [1.807, 2.05) is 21.0 Å². The fraction of sp³-hybridized carbons (Fsp3) is 0.500. The maximum atomic E-state index is 12.4. The normalized spacial score (nSPS) is 10.8. The zero-order valence-electron chi connectivity index (χ0n) is 11.8. The summed E-state index contributed by atoms with van der Waals surface area (Å²) in [4.78, 5) is 16.3. The van der Waals surface area contributed by atoms with E-state index in [1.54, 1.807) is 23.1 Å². The SMILES string of the molecule is CCN(CCCN(C)C)C(=O)c1cccc(Cl)c1N. The summed E-state index contributed by atoms with van der Waals surface area (Å²) in [6.07, 6.45) is 0.938. The lowest BCUT2D eigenvalue weighted by Gasteiger charge is -2.22. The van der Waals surface area contributed by atoms with Gasteiger partial charge in [0.2, 0.25) is 0 Å². The van der Waals surface area contributed by atoms with Gasteiger partial charge >= 0.3 is 0 Å². The first-order valence-corrected chi connectivity index (χ1v) is 6.83. The summed E-state index contributed by atoms with van der Waals surface area (Å²) >= 11 is 5.95. The molecule has 5 heteroatoms. The van der Waals surface area contributed by atoms with Crippen LogP contribution in [-0.2, 0) is 0 Å². The number of amides is 1. The number of rotatable bonds is 6. The topological polar surface area (TPSA) is 49.6 Å². The molecule has 0 spiro atoms. The molecule has 1 amide bonds. The molecule has 106 valence electrons. The first-order valence-electron chi connectivity index (χ1n) is 6.45. The van der Waals surface area contributed by atoms with Gasteiger partial charge in [-0.05, 0) is 46.1 Å². The van der Waals surface area contributed by atoms with Crippen molar-refractivity contribution >= 4 is 23.2 Å². The van der Waals surface area contributed by atoms with Gasteiger partial charge in [0.15, 0.2) is 0 Å². The van der Waals surface area contributed by atoms with E-state index >= 15 is 0 Å². The highest BCUT2D eigenvalue weighted by Gasteiger charge is 2.17. The minimum atomic E-state index is -0.0544. The number of nitrogen functional groups attached to an aromatic ring is 1. The summed E-state index contributed by atoms with van der Waals surface area (Å²) in [5, 5.41) is 0.426. The van der Waals surface area contributed by atoms with E-state index in [2.05, 4.69) is 4.90 Å². The van der Waals surface area contributed by atoms with Gasteiger partial charge < -0.3 is 15.5 Å². The Morgan fingerprint density at radius 2 is 2.00 bits per heavy atom. The zero-order chi connectivity index (χ0) is 14.4. The summed E-state index contributed by atoms with van der Waals surface area (Å²) in [5.74, 6) is -0.0544. The number of hydrogen-bond donors (Lipinski definition) is 1. The van der Waals surface area contributed by atoms with Gasteiger partial charge in [-0.1, -0.05) is 17.7 Å². The van der Waals surface area contributed by atoms with Crippen LogP contribution >= 0.6 is 11.6 Å². The molecule has 0 saturated carbocycles. The van der Waals surface area contributed by atoms with Crippen LogP contribution in [0.4, 0.5) is 5.69 Å². The van der Waals surface area contributed by atoms with E-state index in [-0.39, 0.29) is 5.91 Å². The van der Waals surface area contributed by atoms with Crippen LogP contribution in [0.25, 0.3) is 0 Å². The fourth-order valence-electron chi connectivity index (χ4n) is 1.87. The smallest absolute Gasteiger partial charge is 0.255 e. The van der Waals surface area contributed by atoms with Gasteiger partial charge in [0.1, 0.15) is 0 Å². The highest BCUT2D eigenvalue weighted by atomic mass is 35.5. The van der Waals surface area contributed by atoms with E-state index in [0.29, 0.717) is 22.8 Å². The van der Waals surface area contributed by atoms with Crippen LogP contribution in [0.5, 0.6) is 0 Å². The average molecular weight is 284 g/mol. The minimum Gasteiger partial charge on any atom is -0.397 e. The van der Waals surface area contributed by atoms with E-state index in [1.165, 1.54) is 0 Å². The molecule has 1 aromatic carbocycles. The molecule has 0 heterocycles. The lowest BCUT2D eigenvalue weighted by atomic mass is 10.1. The first-order chi connectivity index (χ1) is 8.97. The number of carbonyl (C=O) groups is 1. The number of benzene rings is 1. The van der Waals surface area contributed by atoms with Crippen molar-refractivity contribution in [2.45, 2.75) is 13.3 Å². The molecule has 1 aromatic rings. The van der Waals surface area contributed by atoms with Crippen molar-refractivity contribution in [3.05, 3.63) is 28.8 Å². The van der Waals surface area contributed by atoms with Crippen LogP contribution in [0.3, 0.4) is 0 Å². The van der Waals surface area contributed by atoms with Crippen molar-refractivity contribution in [2.75, 3.05) is 39.5 Å². The Morgan fingerprint density at radius 1 is 1.32 bits per heavy atom. The Balaban J connectivity index is 2.75. The number of hydrogen-bond acceptors (Lipinski definition) is 3. The molecule has 19 heavy (non-hydrogen) atoms. The predicted octanol–water partition coefficient (Wildman–Crippen LogP) is 2.34. The van der Waals surface area contributed by atoms with Gasteiger partial charge in [-0.3, -0.25) is 4.79 Å². The van der Waals surface area contributed by atoms with Gasteiger partial charge in [0, 0.05) is 13.1 Å². The molecule has 0 fully saturated rings. The van der Waals surface area contributed by atoms with Crippen molar-refractivity contribution < 1.29 is 4.79 Å². The summed E-state index contributed by atoms with van der Waals surface area (Å²) in [6, 6.07) is 5.16. The maximum absolute atomic E-state index is 12.4. The molecule has 2 N–H and O–H groups in total. The van der Waals surface area contributed by atoms with Gasteiger partial charge in [-0.25, -0.2) is 0 Å². The zero-order valence-corrected chi connectivity index (χ0v) is 12.6. The van der Waals surface area contributed by atoms with Crippen LogP contribution in [0.15, 0.2) is 18.2 Å². The van der Waals surface area contributed by atoms with Crippen LogP contribution in [-0.4, -0.2) is 49.4 Å². The van der Waals surface area contributed by atoms with Crippen molar-refractivity contribution in [2.24, 2.45) is 0 Å². The molecule has 0 atom stereocenters. The highest BCUT2D eigenvalue weighted by molar-refractivity contribution is 6.33. The van der Waals surface area contributed by atoms with Gasteiger partial charge in [0.25, 0.3) is 5.91 Å². The van der Waals surface area contributed by atoms with Crippen LogP contribution in [0.1, 0.15) is 23.7 Å². The quantitative estimate of drug-likeness (QED) is 0.815. The Kier molecular flexibility index (Phi) is 6.12. The second-order valence-corrected chi connectivity index (χ2v) is 5.15. The van der Waals surface area contributed by atoms with E-state index in [9.17, 15) is 4.79 Å². The third-order valence-electron chi connectivity index (χ3n) is 2.99. The Labute approximate surface area is 120 Å². The third-order valence-corrected chi connectivity index (χ3v) is 3.32. The summed E-state index contributed by atoms with van der Waals surface area (Å²) in [5.41, 5.74) is 6.71. The molecule has 0 aromatic heterocycles. The minimum absolute atomic E-state index is 0.0544. The summed E-state index contributed by atoms with van der Waals surface area (Å²) in [7, 11) is 4.04. The molecule has 0 saturated heterocycles. The maximum Gasteiger partial charge on any atom is 0.255 e. The molecular formula is C14H22ClN3O. The molecule has 4 nitrogen and oxygen atoms in total. The molecule has 0 aliphatic carbocycles. The van der Waals surface area contributed by atoms with Gasteiger partial charge in [-0.2, -0.15) is 0 Å². The monoisotopic (exact) mass is 283 g/mol. The number of halogens is 1. The summed E-state index contributed by atoms with van der Waals surface area (Å²) < 4.78 is 0. The van der Waals surface area contributed by atoms with Crippen molar-refractivity contribution in [3.63, 3.8) is 0 Å². The second-order valence-electron chi connectivity index (χ2n) is 4.74. The number of carbonyl (C=O) groups excluding carboxylic acids is 1. The first kappa shape index (κ1) is 15.8. The van der Waals surface area contributed by atoms with Gasteiger partial charge in [0.05, 0.1) is 16.3 Å². The average Bonchev–Trinajstić information content (AvgIpc) is 2.37. The van der Waals surface area contributed by atoms with Crippen LogP contribution < -0.4 is 5.73 Å². The molecule has 0 radical (unpaired) electrons. The molecule has 1 rings (SSSR count). The van der Waals surface area contributed by atoms with E-state index in [0.717, 1.165) is 19.5 Å². The molecule has 0 aliphatic heterocycles. The predicted molar refractivity (Wildman–Crippen MR) is 80.6 cm³/mol. The summed E-state index contributed by atoms with van der Waals surface area (Å²) in [6.45, 7) is 4.31. The number of nitrogens with zero attached hydrogens (tertiary/aromatic N) is 2. The second kappa shape index (κ2) is 7.36. The lowest BCUT2D eigenvalue weighted by molar-refractivity contribution is 0.0760. The Morgan fingerprint density at radius 3 is 2.58 bits per heavy atom. The van der Waals surface area contributed by atoms with Crippen molar-refractivity contribution in [1.82, 2.24) is 9.80 Å². The number of para-hydroxylation sites is 1. The van der Waals surface area contributed by atoms with E-state index < -0.39 is 0 Å². The van der Waals surface area contributed by atoms with Gasteiger partial charge in [-0.15, -0.1) is 0 Å². The highest BCUT2D eigenvalue weighted by Crippen LogP contribution is 2.23. The molecule has 0 bridgehead atoms. The number of anilines is 1. The lowest BCUT2D eigenvalue weighted by Crippen LogP contribution is -2.33. The molecule has 0 aliphatic rings. The number of nitrogens with two attached hydrogens (primary N) is 1. The Bertz CT molecular complexity index is 435. The standard InChI is InChI=1S/C14H22ClN3O/c1-4-18(10-6-9-17(2)3)14(19)11-7-5-8-12(15)13(11)16/h5,7-8H,4,6,9-10,16H2,1-3H3. The molecular weight excluding hydrogens is 262 g/mol. The molecule has 0 unspecified atom stereocenters. The van der Waals surface area contributed by atoms with Crippen molar-refractivity contribution in [3.8, 4) is 0 Å².